The van der Waals surface area contributed by atoms with Crippen LogP contribution in [-0.4, -0.2) is 42.1 Å². The Hall–Kier alpha value is -0.620. The second kappa shape index (κ2) is 5.35. The van der Waals surface area contributed by atoms with Crippen LogP contribution in [0.15, 0.2) is 28.6 Å². The van der Waals surface area contributed by atoms with Crippen molar-refractivity contribution >= 4 is 33.3 Å². The van der Waals surface area contributed by atoms with Gasteiger partial charge in [0.25, 0.3) is 0 Å². The fourth-order valence-electron chi connectivity index (χ4n) is 1.79. The van der Waals surface area contributed by atoms with Crippen molar-refractivity contribution in [2.45, 2.75) is 4.34 Å². The molecule has 1 fully saturated rings. The third-order valence-corrected chi connectivity index (χ3v) is 5.02. The molecule has 0 unspecified atom stereocenters. The number of benzene rings is 1. The van der Waals surface area contributed by atoms with Crippen LogP contribution in [0.1, 0.15) is 0 Å². The van der Waals surface area contributed by atoms with Crippen molar-refractivity contribution in [2.75, 3.05) is 32.2 Å². The van der Waals surface area contributed by atoms with Gasteiger partial charge in [-0.2, -0.15) is 0 Å². The van der Waals surface area contributed by atoms with Gasteiger partial charge in [0.2, 0.25) is 0 Å². The first-order chi connectivity index (χ1) is 8.42. The predicted molar refractivity (Wildman–Crippen MR) is 72.7 cm³/mol. The van der Waals surface area contributed by atoms with E-state index in [-0.39, 0.29) is 0 Å². The lowest BCUT2D eigenvalue weighted by Crippen LogP contribution is -2.35. The van der Waals surface area contributed by atoms with Gasteiger partial charge in [-0.15, -0.1) is 11.3 Å². The molecule has 1 aliphatic heterocycles. The molecule has 0 aliphatic carbocycles. The van der Waals surface area contributed by atoms with Gasteiger partial charge in [-0.25, -0.2) is 4.98 Å². The van der Waals surface area contributed by atoms with Crippen molar-refractivity contribution in [3.05, 3.63) is 24.3 Å². The minimum atomic E-state index is 0.862. The molecule has 0 N–H and O–H groups in total. The summed E-state index contributed by atoms with van der Waals surface area (Å²) in [6.07, 6.45) is 0. The lowest BCUT2D eigenvalue weighted by Gasteiger charge is -2.25. The van der Waals surface area contributed by atoms with Gasteiger partial charge in [0.05, 0.1) is 29.3 Å². The second-order valence-electron chi connectivity index (χ2n) is 3.95. The highest BCUT2D eigenvalue weighted by atomic mass is 32.2. The third kappa shape index (κ3) is 2.80. The minimum absolute atomic E-state index is 0.862. The lowest BCUT2D eigenvalue weighted by molar-refractivity contribution is 0.0474. The van der Waals surface area contributed by atoms with E-state index in [4.69, 9.17) is 4.74 Å². The highest BCUT2D eigenvalue weighted by Gasteiger charge is 2.11. The molecule has 0 saturated carbocycles. The fourth-order valence-corrected chi connectivity index (χ4v) is 3.86. The maximum Gasteiger partial charge on any atom is 0.152 e. The zero-order valence-corrected chi connectivity index (χ0v) is 11.1. The summed E-state index contributed by atoms with van der Waals surface area (Å²) in [4.78, 5) is 7.04. The first kappa shape index (κ1) is 11.5. The van der Waals surface area contributed by atoms with Crippen LogP contribution >= 0.6 is 23.1 Å². The van der Waals surface area contributed by atoms with E-state index in [0.29, 0.717) is 0 Å². The van der Waals surface area contributed by atoms with Gasteiger partial charge >= 0.3 is 0 Å². The van der Waals surface area contributed by atoms with Crippen molar-refractivity contribution in [1.82, 2.24) is 9.88 Å². The van der Waals surface area contributed by atoms with Crippen LogP contribution in [0.5, 0.6) is 0 Å². The first-order valence-electron chi connectivity index (χ1n) is 5.70. The quantitative estimate of drug-likeness (QED) is 0.798. The van der Waals surface area contributed by atoms with Crippen LogP contribution < -0.4 is 0 Å². The van der Waals surface area contributed by atoms with Crippen LogP contribution in [0.4, 0.5) is 0 Å². The average Bonchev–Trinajstić information content (AvgIpc) is 2.80. The molecule has 0 spiro atoms. The third-order valence-electron chi connectivity index (χ3n) is 2.75. The average molecular weight is 266 g/mol. The van der Waals surface area contributed by atoms with Crippen molar-refractivity contribution < 1.29 is 4.74 Å². The van der Waals surface area contributed by atoms with E-state index in [1.165, 1.54) is 4.70 Å². The molecule has 2 heterocycles. The van der Waals surface area contributed by atoms with Gasteiger partial charge in [-0.3, -0.25) is 4.90 Å². The number of thiazole rings is 1. The maximum atomic E-state index is 5.34. The predicted octanol–water partition coefficient (Wildman–Crippen LogP) is 2.68. The molecule has 0 bridgehead atoms. The number of para-hydroxylation sites is 1. The molecule has 5 heteroatoms. The van der Waals surface area contributed by atoms with E-state index in [9.17, 15) is 0 Å². The normalized spacial score (nSPS) is 17.6. The molecule has 3 nitrogen and oxygen atoms in total. The van der Waals surface area contributed by atoms with Gasteiger partial charge in [-0.05, 0) is 12.1 Å². The minimum Gasteiger partial charge on any atom is -0.379 e. The Kier molecular flexibility index (Phi) is 3.61. The number of nitrogens with zero attached hydrogens (tertiary/aromatic N) is 2. The number of thioether (sulfide) groups is 1. The number of ether oxygens (including phenoxy) is 1. The van der Waals surface area contributed by atoms with Crippen molar-refractivity contribution in [1.29, 1.82) is 0 Å². The molecule has 0 atom stereocenters. The summed E-state index contributed by atoms with van der Waals surface area (Å²) in [5.74, 6) is 1.02. The molecule has 90 valence electrons. The Morgan fingerprint density at radius 2 is 2.12 bits per heavy atom. The Morgan fingerprint density at radius 1 is 1.29 bits per heavy atom. The Labute approximate surface area is 109 Å². The zero-order valence-electron chi connectivity index (χ0n) is 9.46. The Balaban J connectivity index is 1.64. The van der Waals surface area contributed by atoms with E-state index >= 15 is 0 Å². The molecule has 0 radical (unpaired) electrons. The molecule has 1 saturated heterocycles. The molecule has 3 rings (SSSR count). The van der Waals surface area contributed by atoms with Crippen LogP contribution in [0, 0.1) is 0 Å². The van der Waals surface area contributed by atoms with Gasteiger partial charge in [-0.1, -0.05) is 23.9 Å². The van der Waals surface area contributed by atoms with E-state index in [0.717, 1.165) is 42.0 Å². The second-order valence-corrected chi connectivity index (χ2v) is 6.17. The molecular formula is C12H14N2OS2. The molecule has 17 heavy (non-hydrogen) atoms. The molecule has 0 amide bonds. The van der Waals surface area contributed by atoms with Crippen LogP contribution in [0.3, 0.4) is 0 Å². The summed E-state index contributed by atoms with van der Waals surface area (Å²) in [5, 5.41) is 0. The standard InChI is InChI=1S/C12H14N2OS2/c1-2-4-11-10(3-1)13-12(17-11)16-9-14-5-7-15-8-6-14/h1-4H,5-9H2. The monoisotopic (exact) mass is 266 g/mol. The first-order valence-corrected chi connectivity index (χ1v) is 7.50. The summed E-state index contributed by atoms with van der Waals surface area (Å²) in [5.41, 5.74) is 1.11. The van der Waals surface area contributed by atoms with Crippen molar-refractivity contribution in [3.8, 4) is 0 Å². The number of rotatable bonds is 3. The molecule has 1 aromatic carbocycles. The van der Waals surface area contributed by atoms with Gasteiger partial charge < -0.3 is 4.74 Å². The van der Waals surface area contributed by atoms with Gasteiger partial charge in [0, 0.05) is 13.1 Å². The molecular weight excluding hydrogens is 252 g/mol. The number of morpholine rings is 1. The van der Waals surface area contributed by atoms with E-state index in [1.807, 2.05) is 17.8 Å². The summed E-state index contributed by atoms with van der Waals surface area (Å²) in [6, 6.07) is 8.31. The molecule has 1 aliphatic rings. The lowest BCUT2D eigenvalue weighted by atomic mass is 10.3. The summed E-state index contributed by atoms with van der Waals surface area (Å²) >= 11 is 3.61. The van der Waals surface area contributed by atoms with E-state index < -0.39 is 0 Å². The SMILES string of the molecule is c1ccc2sc(SCN3CCOCC3)nc2c1. The molecule has 2 aromatic rings. The van der Waals surface area contributed by atoms with Crippen molar-refractivity contribution in [2.24, 2.45) is 0 Å². The highest BCUT2D eigenvalue weighted by molar-refractivity contribution is 8.01. The fraction of sp³-hybridized carbons (Fsp3) is 0.417. The van der Waals surface area contributed by atoms with Gasteiger partial charge in [0.1, 0.15) is 0 Å². The van der Waals surface area contributed by atoms with Gasteiger partial charge in [0.15, 0.2) is 4.34 Å². The Morgan fingerprint density at radius 3 is 2.94 bits per heavy atom. The largest absolute Gasteiger partial charge is 0.379 e. The summed E-state index contributed by atoms with van der Waals surface area (Å²) < 4.78 is 7.78. The number of hydrogen-bond donors (Lipinski definition) is 0. The summed E-state index contributed by atoms with van der Waals surface area (Å²) in [6.45, 7) is 3.80. The summed E-state index contributed by atoms with van der Waals surface area (Å²) in [7, 11) is 0. The number of hydrogen-bond acceptors (Lipinski definition) is 5. The van der Waals surface area contributed by atoms with Crippen LogP contribution in [-0.2, 0) is 4.74 Å². The van der Waals surface area contributed by atoms with E-state index in [2.05, 4.69) is 28.1 Å². The number of aromatic nitrogens is 1. The number of fused-ring (bicyclic) bond motifs is 1. The Bertz CT molecular complexity index is 461. The maximum absolute atomic E-state index is 5.34. The molecule has 1 aromatic heterocycles. The van der Waals surface area contributed by atoms with E-state index in [1.54, 1.807) is 11.3 Å². The van der Waals surface area contributed by atoms with Crippen molar-refractivity contribution in [3.63, 3.8) is 0 Å². The van der Waals surface area contributed by atoms with Crippen LogP contribution in [0.2, 0.25) is 0 Å². The topological polar surface area (TPSA) is 25.4 Å². The smallest absolute Gasteiger partial charge is 0.152 e. The van der Waals surface area contributed by atoms with Crippen LogP contribution in [0.25, 0.3) is 10.2 Å². The zero-order chi connectivity index (χ0) is 11.5. The highest BCUT2D eigenvalue weighted by Crippen LogP contribution is 2.29.